The van der Waals surface area contributed by atoms with Crippen molar-refractivity contribution < 1.29 is 22.7 Å². The first kappa shape index (κ1) is 16.9. The zero-order valence-corrected chi connectivity index (χ0v) is 13.6. The van der Waals surface area contributed by atoms with Gasteiger partial charge in [-0.05, 0) is 32.9 Å². The summed E-state index contributed by atoms with van der Waals surface area (Å²) in [5, 5.41) is 8.98. The molecule has 7 nitrogen and oxygen atoms in total. The smallest absolute Gasteiger partial charge is 0.338 e. The highest BCUT2D eigenvalue weighted by Crippen LogP contribution is 2.25. The lowest BCUT2D eigenvalue weighted by atomic mass is 10.1. The highest BCUT2D eigenvalue weighted by molar-refractivity contribution is 7.92. The second-order valence-electron chi connectivity index (χ2n) is 4.92. The molecule has 0 aliphatic rings. The van der Waals surface area contributed by atoms with Crippen LogP contribution in [0, 0.1) is 19.7 Å². The molecule has 2 aromatic rings. The van der Waals surface area contributed by atoms with Crippen LogP contribution in [0.15, 0.2) is 23.4 Å². The zero-order valence-electron chi connectivity index (χ0n) is 12.8. The third kappa shape index (κ3) is 3.19. The number of benzene rings is 1. The Bertz CT molecular complexity index is 874. The fourth-order valence-electron chi connectivity index (χ4n) is 2.17. The number of carboxylic acid groups (broad SMARTS) is 1. The normalized spacial score (nSPS) is 11.5. The first-order chi connectivity index (χ1) is 10.7. The zero-order chi connectivity index (χ0) is 17.4. The number of aromatic carboxylic acids is 1. The van der Waals surface area contributed by atoms with Gasteiger partial charge in [-0.15, -0.1) is 0 Å². The van der Waals surface area contributed by atoms with Crippen molar-refractivity contribution in [1.29, 1.82) is 0 Å². The maximum Gasteiger partial charge on any atom is 0.338 e. The Kier molecular flexibility index (Phi) is 4.42. The predicted molar refractivity (Wildman–Crippen MR) is 81.5 cm³/mol. The van der Waals surface area contributed by atoms with Crippen molar-refractivity contribution in [2.24, 2.45) is 0 Å². The molecule has 0 spiro atoms. The summed E-state index contributed by atoms with van der Waals surface area (Å²) in [4.78, 5) is 15.3. The number of carbonyl (C=O) groups is 1. The van der Waals surface area contributed by atoms with E-state index in [1.54, 1.807) is 11.5 Å². The van der Waals surface area contributed by atoms with E-state index in [0.29, 0.717) is 12.4 Å². The summed E-state index contributed by atoms with van der Waals surface area (Å²) in [7, 11) is -4.08. The number of nitrogens with zero attached hydrogens (tertiary/aromatic N) is 2. The van der Waals surface area contributed by atoms with Crippen LogP contribution in [0.2, 0.25) is 0 Å². The number of nitrogens with one attached hydrogen (secondary N) is 1. The number of anilines is 1. The molecule has 1 aromatic carbocycles. The highest BCUT2D eigenvalue weighted by Gasteiger charge is 2.24. The molecule has 0 amide bonds. The molecule has 23 heavy (non-hydrogen) atoms. The van der Waals surface area contributed by atoms with Crippen molar-refractivity contribution in [2.75, 3.05) is 4.72 Å². The molecule has 0 saturated carbocycles. The van der Waals surface area contributed by atoms with Crippen LogP contribution in [0.1, 0.15) is 28.7 Å². The maximum absolute atomic E-state index is 13.5. The minimum Gasteiger partial charge on any atom is -0.478 e. The highest BCUT2D eigenvalue weighted by atomic mass is 32.2. The van der Waals surface area contributed by atoms with Crippen LogP contribution in [-0.2, 0) is 16.6 Å². The Morgan fingerprint density at radius 2 is 2.04 bits per heavy atom. The van der Waals surface area contributed by atoms with Crippen LogP contribution < -0.4 is 4.72 Å². The molecular formula is C14H16FN3O4S. The summed E-state index contributed by atoms with van der Waals surface area (Å²) in [6.07, 6.45) is 1.36. The minimum atomic E-state index is -4.08. The molecule has 0 bridgehead atoms. The molecule has 2 N–H and O–H groups in total. The van der Waals surface area contributed by atoms with E-state index >= 15 is 0 Å². The number of rotatable bonds is 5. The summed E-state index contributed by atoms with van der Waals surface area (Å²) >= 11 is 0. The largest absolute Gasteiger partial charge is 0.478 e. The second-order valence-corrected chi connectivity index (χ2v) is 6.55. The van der Waals surface area contributed by atoms with Gasteiger partial charge in [0.1, 0.15) is 11.6 Å². The van der Waals surface area contributed by atoms with Gasteiger partial charge in [-0.3, -0.25) is 4.72 Å². The Labute approximate surface area is 132 Å². The van der Waals surface area contributed by atoms with Gasteiger partial charge in [0.2, 0.25) is 0 Å². The van der Waals surface area contributed by atoms with Crippen molar-refractivity contribution >= 4 is 21.7 Å². The van der Waals surface area contributed by atoms with Gasteiger partial charge in [-0.25, -0.2) is 14.2 Å². The van der Waals surface area contributed by atoms with Gasteiger partial charge < -0.3 is 9.67 Å². The number of hydrogen-bond acceptors (Lipinski definition) is 4. The average Bonchev–Trinajstić information content (AvgIpc) is 2.84. The molecule has 0 aliphatic heterocycles. The third-order valence-electron chi connectivity index (χ3n) is 3.43. The molecule has 9 heteroatoms. The molecule has 2 rings (SSSR count). The van der Waals surface area contributed by atoms with Crippen LogP contribution in [0.25, 0.3) is 0 Å². The number of sulfonamides is 1. The van der Waals surface area contributed by atoms with Gasteiger partial charge in [0.25, 0.3) is 10.0 Å². The Morgan fingerprint density at radius 3 is 2.57 bits per heavy atom. The van der Waals surface area contributed by atoms with E-state index in [1.165, 1.54) is 13.1 Å². The van der Waals surface area contributed by atoms with Crippen molar-refractivity contribution in [3.05, 3.63) is 41.1 Å². The van der Waals surface area contributed by atoms with Gasteiger partial charge in [-0.1, -0.05) is 0 Å². The molecular weight excluding hydrogens is 325 g/mol. The molecule has 1 aromatic heterocycles. The Hall–Kier alpha value is -2.42. The van der Waals surface area contributed by atoms with Crippen molar-refractivity contribution in [1.82, 2.24) is 9.55 Å². The SMILES string of the molecule is CCn1cc(S(=O)(=O)Nc2ccc(F)c(C)c2C(=O)O)nc1C. The van der Waals surface area contributed by atoms with E-state index in [2.05, 4.69) is 9.71 Å². The first-order valence-electron chi connectivity index (χ1n) is 6.76. The monoisotopic (exact) mass is 341 g/mol. The first-order valence-corrected chi connectivity index (χ1v) is 8.24. The lowest BCUT2D eigenvalue weighted by Crippen LogP contribution is -2.17. The van der Waals surface area contributed by atoms with Gasteiger partial charge >= 0.3 is 5.97 Å². The topological polar surface area (TPSA) is 101 Å². The third-order valence-corrected chi connectivity index (χ3v) is 4.66. The number of imidazole rings is 1. The van der Waals surface area contributed by atoms with Crippen LogP contribution in [0.3, 0.4) is 0 Å². The number of aryl methyl sites for hydroxylation is 2. The van der Waals surface area contributed by atoms with Gasteiger partial charge in [0.15, 0.2) is 5.03 Å². The summed E-state index contributed by atoms with van der Waals surface area (Å²) in [6.45, 7) is 5.31. The standard InChI is InChI=1S/C14H16FN3O4S/c1-4-18-7-12(16-9(18)3)23(21,22)17-11-6-5-10(15)8(2)13(11)14(19)20/h5-7,17H,4H2,1-3H3,(H,19,20). The molecule has 1 heterocycles. The van der Waals surface area contributed by atoms with Crippen LogP contribution >= 0.6 is 0 Å². The molecule has 0 unspecified atom stereocenters. The number of hydrogen-bond donors (Lipinski definition) is 2. The maximum atomic E-state index is 13.5. The Morgan fingerprint density at radius 1 is 1.39 bits per heavy atom. The van der Waals surface area contributed by atoms with E-state index in [0.717, 1.165) is 12.1 Å². The van der Waals surface area contributed by atoms with Gasteiger partial charge in [0.05, 0.1) is 11.3 Å². The summed E-state index contributed by atoms with van der Waals surface area (Å²) in [5.74, 6) is -1.63. The van der Waals surface area contributed by atoms with Crippen molar-refractivity contribution in [3.8, 4) is 0 Å². The van der Waals surface area contributed by atoms with Crippen molar-refractivity contribution in [2.45, 2.75) is 32.3 Å². The van der Waals surface area contributed by atoms with E-state index in [-0.39, 0.29) is 16.3 Å². The quantitative estimate of drug-likeness (QED) is 0.868. The second kappa shape index (κ2) is 5.99. The number of carboxylic acids is 1. The molecule has 0 radical (unpaired) electrons. The lowest BCUT2D eigenvalue weighted by molar-refractivity contribution is 0.0696. The van der Waals surface area contributed by atoms with Crippen LogP contribution in [0.4, 0.5) is 10.1 Å². The molecule has 0 atom stereocenters. The molecule has 0 aliphatic carbocycles. The fraction of sp³-hybridized carbons (Fsp3) is 0.286. The number of aromatic nitrogens is 2. The van der Waals surface area contributed by atoms with Crippen LogP contribution in [0.5, 0.6) is 0 Å². The fourth-order valence-corrected chi connectivity index (χ4v) is 3.26. The molecule has 0 saturated heterocycles. The van der Waals surface area contributed by atoms with E-state index in [1.807, 2.05) is 6.92 Å². The van der Waals surface area contributed by atoms with Gasteiger partial charge in [0, 0.05) is 18.3 Å². The Balaban J connectivity index is 2.49. The molecule has 124 valence electrons. The minimum absolute atomic E-state index is 0.145. The van der Waals surface area contributed by atoms with E-state index in [4.69, 9.17) is 0 Å². The van der Waals surface area contributed by atoms with Crippen LogP contribution in [-0.4, -0.2) is 29.0 Å². The summed E-state index contributed by atoms with van der Waals surface area (Å²) in [5.41, 5.74) is -0.784. The summed E-state index contributed by atoms with van der Waals surface area (Å²) < 4.78 is 42.1. The van der Waals surface area contributed by atoms with Crippen molar-refractivity contribution in [3.63, 3.8) is 0 Å². The van der Waals surface area contributed by atoms with Gasteiger partial charge in [-0.2, -0.15) is 8.42 Å². The van der Waals surface area contributed by atoms with E-state index < -0.39 is 27.4 Å². The average molecular weight is 341 g/mol. The van der Waals surface area contributed by atoms with E-state index in [9.17, 15) is 22.7 Å². The summed E-state index contributed by atoms with van der Waals surface area (Å²) in [6, 6.07) is 2.09. The number of halogens is 1. The molecule has 0 fully saturated rings. The lowest BCUT2D eigenvalue weighted by Gasteiger charge is -2.11. The predicted octanol–water partition coefficient (Wildman–Crippen LogP) is 2.16.